The number of nitrogens with one attached hydrogen (secondary N) is 3. The number of para-hydroxylation sites is 2. The predicted molar refractivity (Wildman–Crippen MR) is 107 cm³/mol. The van der Waals surface area contributed by atoms with Crippen LogP contribution in [0.3, 0.4) is 0 Å². The van der Waals surface area contributed by atoms with Gasteiger partial charge in [0.2, 0.25) is 0 Å². The Hall–Kier alpha value is -3.67. The van der Waals surface area contributed by atoms with Crippen molar-refractivity contribution in [1.82, 2.24) is 24.9 Å². The van der Waals surface area contributed by atoms with Crippen molar-refractivity contribution in [2.45, 2.75) is 13.0 Å². The first-order chi connectivity index (χ1) is 13.3. The lowest BCUT2D eigenvalue weighted by Gasteiger charge is -2.05. The maximum atomic E-state index is 4.57. The van der Waals surface area contributed by atoms with Gasteiger partial charge in [0.05, 0.1) is 17.6 Å². The number of nitrogens with zero attached hydrogens (tertiary/aromatic N) is 3. The molecule has 4 heterocycles. The van der Waals surface area contributed by atoms with Gasteiger partial charge in [0.1, 0.15) is 17.3 Å². The van der Waals surface area contributed by atoms with Crippen molar-refractivity contribution in [2.75, 3.05) is 5.32 Å². The van der Waals surface area contributed by atoms with Gasteiger partial charge in [-0.05, 0) is 41.5 Å². The van der Waals surface area contributed by atoms with E-state index in [1.165, 1.54) is 5.56 Å². The molecule has 6 nitrogen and oxygen atoms in total. The average Bonchev–Trinajstić information content (AvgIpc) is 3.31. The summed E-state index contributed by atoms with van der Waals surface area (Å²) in [5.74, 6) is 1.73. The van der Waals surface area contributed by atoms with Crippen LogP contribution in [0.2, 0.25) is 0 Å². The summed E-state index contributed by atoms with van der Waals surface area (Å²) in [5.41, 5.74) is 5.33. The normalized spacial score (nSPS) is 11.3. The number of fused-ring (bicyclic) bond motifs is 2. The van der Waals surface area contributed by atoms with Crippen LogP contribution in [0.5, 0.6) is 0 Å². The molecule has 0 bridgehead atoms. The number of aromatic amines is 2. The molecule has 3 N–H and O–H groups in total. The van der Waals surface area contributed by atoms with Gasteiger partial charge >= 0.3 is 0 Å². The summed E-state index contributed by atoms with van der Waals surface area (Å²) in [6, 6.07) is 16.2. The first-order valence-electron chi connectivity index (χ1n) is 8.88. The van der Waals surface area contributed by atoms with Crippen LogP contribution in [-0.4, -0.2) is 24.9 Å². The van der Waals surface area contributed by atoms with E-state index in [2.05, 4.69) is 42.4 Å². The molecule has 0 atom stereocenters. The molecule has 132 valence electrons. The summed E-state index contributed by atoms with van der Waals surface area (Å²) in [4.78, 5) is 20.0. The molecule has 5 aromatic rings. The molecule has 27 heavy (non-hydrogen) atoms. The minimum atomic E-state index is 0.606. The molecule has 0 aliphatic rings. The lowest BCUT2D eigenvalue weighted by Crippen LogP contribution is -2.03. The summed E-state index contributed by atoms with van der Waals surface area (Å²) >= 11 is 0. The van der Waals surface area contributed by atoms with Crippen molar-refractivity contribution in [1.29, 1.82) is 0 Å². The van der Waals surface area contributed by atoms with Gasteiger partial charge < -0.3 is 15.3 Å². The maximum absolute atomic E-state index is 4.57. The third-order valence-corrected chi connectivity index (χ3v) is 4.63. The lowest BCUT2D eigenvalue weighted by molar-refractivity contribution is 0.995. The molecule has 1 aromatic carbocycles. The van der Waals surface area contributed by atoms with E-state index in [-0.39, 0.29) is 0 Å². The number of pyridine rings is 2. The molecule has 6 heteroatoms. The second-order valence-corrected chi connectivity index (χ2v) is 6.50. The summed E-state index contributed by atoms with van der Waals surface area (Å²) in [6.07, 6.45) is 6.55. The number of rotatable bonds is 5. The largest absolute Gasteiger partial charge is 0.363 e. The first kappa shape index (κ1) is 15.6. The van der Waals surface area contributed by atoms with Gasteiger partial charge in [0.25, 0.3) is 0 Å². The van der Waals surface area contributed by atoms with Gasteiger partial charge in [-0.25, -0.2) is 15.0 Å². The number of anilines is 1. The number of imidazole rings is 1. The highest BCUT2D eigenvalue weighted by Crippen LogP contribution is 2.19. The number of H-pyrrole nitrogens is 2. The van der Waals surface area contributed by atoms with E-state index in [1.54, 1.807) is 6.20 Å². The fourth-order valence-electron chi connectivity index (χ4n) is 3.28. The zero-order chi connectivity index (χ0) is 18.1. The molecule has 0 saturated heterocycles. The Kier molecular flexibility index (Phi) is 3.79. The molecule has 0 aliphatic carbocycles. The van der Waals surface area contributed by atoms with Crippen LogP contribution < -0.4 is 5.32 Å². The Bertz CT molecular complexity index is 1170. The second-order valence-electron chi connectivity index (χ2n) is 6.50. The topological polar surface area (TPSA) is 82.3 Å². The highest BCUT2D eigenvalue weighted by atomic mass is 15.0. The van der Waals surface area contributed by atoms with Crippen molar-refractivity contribution in [2.24, 2.45) is 0 Å². The quantitative estimate of drug-likeness (QED) is 0.445. The summed E-state index contributed by atoms with van der Waals surface area (Å²) in [6.45, 7) is 0.606. The minimum absolute atomic E-state index is 0.606. The lowest BCUT2D eigenvalue weighted by atomic mass is 10.1. The van der Waals surface area contributed by atoms with Gasteiger partial charge in [-0.2, -0.15) is 0 Å². The van der Waals surface area contributed by atoms with E-state index in [1.807, 2.05) is 48.8 Å². The van der Waals surface area contributed by atoms with Crippen LogP contribution >= 0.6 is 0 Å². The summed E-state index contributed by atoms with van der Waals surface area (Å²) in [5, 5.41) is 4.47. The average molecular weight is 354 g/mol. The zero-order valence-electron chi connectivity index (χ0n) is 14.6. The van der Waals surface area contributed by atoms with E-state index in [9.17, 15) is 0 Å². The fourth-order valence-corrected chi connectivity index (χ4v) is 3.28. The van der Waals surface area contributed by atoms with E-state index in [4.69, 9.17) is 0 Å². The third kappa shape index (κ3) is 3.13. The Morgan fingerprint density at radius 1 is 0.963 bits per heavy atom. The van der Waals surface area contributed by atoms with E-state index in [0.29, 0.717) is 6.54 Å². The van der Waals surface area contributed by atoms with Gasteiger partial charge in [0, 0.05) is 30.4 Å². The number of benzene rings is 1. The molecule has 0 radical (unpaired) electrons. The van der Waals surface area contributed by atoms with Crippen LogP contribution in [0.4, 0.5) is 5.82 Å². The molecular formula is C21H18N6. The van der Waals surface area contributed by atoms with Crippen LogP contribution in [0, 0.1) is 0 Å². The molecule has 0 amide bonds. The Morgan fingerprint density at radius 2 is 1.93 bits per heavy atom. The molecular weight excluding hydrogens is 336 g/mol. The molecule has 0 aliphatic heterocycles. The molecule has 5 rings (SSSR count). The van der Waals surface area contributed by atoms with Crippen LogP contribution in [0.1, 0.15) is 17.0 Å². The van der Waals surface area contributed by atoms with Crippen molar-refractivity contribution >= 4 is 27.9 Å². The fraction of sp³-hybridized carbons (Fsp3) is 0.0952. The van der Waals surface area contributed by atoms with E-state index >= 15 is 0 Å². The van der Waals surface area contributed by atoms with Gasteiger partial charge in [-0.15, -0.1) is 0 Å². The van der Waals surface area contributed by atoms with Gasteiger partial charge in [-0.3, -0.25) is 0 Å². The summed E-state index contributed by atoms with van der Waals surface area (Å²) in [7, 11) is 0. The third-order valence-electron chi connectivity index (χ3n) is 4.63. The van der Waals surface area contributed by atoms with Crippen LogP contribution in [-0.2, 0) is 13.0 Å². The van der Waals surface area contributed by atoms with E-state index < -0.39 is 0 Å². The standard InChI is InChI=1S/C21H18N6/c1-2-6-18-17(5-1)26-20(27-18)13-24-19-8-7-14(11-23-19)10-15-12-25-21-16(15)4-3-9-22-21/h1-9,11-12H,10,13H2,(H,22,25)(H,23,24)(H,26,27). The molecule has 0 spiro atoms. The van der Waals surface area contributed by atoms with Crippen molar-refractivity contribution in [3.8, 4) is 0 Å². The summed E-state index contributed by atoms with van der Waals surface area (Å²) < 4.78 is 0. The highest BCUT2D eigenvalue weighted by molar-refractivity contribution is 5.79. The Balaban J connectivity index is 1.27. The van der Waals surface area contributed by atoms with E-state index in [0.717, 1.165) is 45.7 Å². The van der Waals surface area contributed by atoms with Gasteiger partial charge in [-0.1, -0.05) is 18.2 Å². The Labute approximate surface area is 155 Å². The predicted octanol–water partition coefficient (Wildman–Crippen LogP) is 4.04. The van der Waals surface area contributed by atoms with Crippen molar-refractivity contribution in [3.63, 3.8) is 0 Å². The SMILES string of the molecule is c1ccc2[nH]c(CNc3ccc(Cc4c[nH]c5ncccc45)cn3)nc2c1. The van der Waals surface area contributed by atoms with Crippen LogP contribution in [0.15, 0.2) is 67.1 Å². The monoisotopic (exact) mass is 354 g/mol. The first-order valence-corrected chi connectivity index (χ1v) is 8.88. The zero-order valence-corrected chi connectivity index (χ0v) is 14.6. The molecule has 0 saturated carbocycles. The van der Waals surface area contributed by atoms with Crippen molar-refractivity contribution in [3.05, 3.63) is 84.1 Å². The highest BCUT2D eigenvalue weighted by Gasteiger charge is 2.06. The minimum Gasteiger partial charge on any atom is -0.363 e. The Morgan fingerprint density at radius 3 is 2.81 bits per heavy atom. The number of aromatic nitrogens is 5. The number of hydrogen-bond donors (Lipinski definition) is 3. The molecule has 0 fully saturated rings. The number of hydrogen-bond acceptors (Lipinski definition) is 4. The smallest absolute Gasteiger partial charge is 0.137 e. The molecule has 4 aromatic heterocycles. The van der Waals surface area contributed by atoms with Crippen molar-refractivity contribution < 1.29 is 0 Å². The van der Waals surface area contributed by atoms with Gasteiger partial charge in [0.15, 0.2) is 0 Å². The molecule has 0 unspecified atom stereocenters. The van der Waals surface area contributed by atoms with Crippen LogP contribution in [0.25, 0.3) is 22.1 Å². The second kappa shape index (κ2) is 6.57. The maximum Gasteiger partial charge on any atom is 0.137 e.